The van der Waals surface area contributed by atoms with Crippen LogP contribution in [-0.2, 0) is 14.9 Å². The van der Waals surface area contributed by atoms with Gasteiger partial charge in [-0.3, -0.25) is 5.10 Å². The summed E-state index contributed by atoms with van der Waals surface area (Å²) in [6.07, 6.45) is 2.96. The number of carbonyl (C=O) groups excluding carboxylic acids is 1. The standard InChI is InChI=1S/C23H28N8O3/c1-15-11-33-8-7-30(15)19-9-17(16-10-26-31(20(16)27-19)18-5-6-25-28-18)23(12-24)13-29(14-23)21(32)34-22(2,3)4/h5-6,9-10,15H,7-8,11,13-14H2,1-4H3,(H,25,28)/t15-/m1/s1. The second-order valence-electron chi connectivity index (χ2n) is 9.91. The van der Waals surface area contributed by atoms with Crippen molar-refractivity contribution in [2.75, 3.05) is 37.7 Å². The van der Waals surface area contributed by atoms with Gasteiger partial charge in [-0.15, -0.1) is 0 Å². The Morgan fingerprint density at radius 2 is 2.18 bits per heavy atom. The van der Waals surface area contributed by atoms with Gasteiger partial charge in [-0.05, 0) is 39.3 Å². The maximum atomic E-state index is 12.6. The predicted molar refractivity (Wildman–Crippen MR) is 124 cm³/mol. The Morgan fingerprint density at radius 3 is 2.82 bits per heavy atom. The molecule has 5 heterocycles. The van der Waals surface area contributed by atoms with Gasteiger partial charge >= 0.3 is 6.09 Å². The van der Waals surface area contributed by atoms with Crippen LogP contribution in [0.2, 0.25) is 0 Å². The zero-order chi connectivity index (χ0) is 24.1. The van der Waals surface area contributed by atoms with Gasteiger partial charge in [0.05, 0.1) is 37.7 Å². The van der Waals surface area contributed by atoms with Crippen LogP contribution in [0.4, 0.5) is 10.6 Å². The number of nitrogens with zero attached hydrogens (tertiary/aromatic N) is 7. The smallest absolute Gasteiger partial charge is 0.410 e. The Labute approximate surface area is 197 Å². The highest BCUT2D eigenvalue weighted by atomic mass is 16.6. The Hall–Kier alpha value is -3.65. The molecular formula is C23H28N8O3. The summed E-state index contributed by atoms with van der Waals surface area (Å²) in [6.45, 7) is 9.96. The summed E-state index contributed by atoms with van der Waals surface area (Å²) in [4.78, 5) is 21.3. The zero-order valence-electron chi connectivity index (χ0n) is 19.8. The third-order valence-electron chi connectivity index (χ3n) is 6.21. The first-order valence-corrected chi connectivity index (χ1v) is 11.3. The van der Waals surface area contributed by atoms with E-state index in [-0.39, 0.29) is 19.1 Å². The van der Waals surface area contributed by atoms with Crippen molar-refractivity contribution in [1.29, 1.82) is 5.26 Å². The second-order valence-corrected chi connectivity index (χ2v) is 9.91. The topological polar surface area (TPSA) is 125 Å². The third kappa shape index (κ3) is 3.74. The number of morpholine rings is 1. The molecule has 11 heteroatoms. The third-order valence-corrected chi connectivity index (χ3v) is 6.21. The average Bonchev–Trinajstić information content (AvgIpc) is 3.42. The molecule has 11 nitrogen and oxygen atoms in total. The fourth-order valence-corrected chi connectivity index (χ4v) is 4.50. The Kier molecular flexibility index (Phi) is 5.20. The number of nitrogens with one attached hydrogen (secondary N) is 1. The molecule has 0 saturated carbocycles. The minimum Gasteiger partial charge on any atom is -0.444 e. The number of likely N-dealkylation sites (tertiary alicyclic amines) is 1. The van der Waals surface area contributed by atoms with Crippen LogP contribution in [0.15, 0.2) is 24.5 Å². The van der Waals surface area contributed by atoms with Gasteiger partial charge in [0.2, 0.25) is 0 Å². The maximum absolute atomic E-state index is 12.6. The fraction of sp³-hybridized carbons (Fsp3) is 0.522. The molecule has 1 atom stereocenters. The number of ether oxygens (including phenoxy) is 2. The quantitative estimate of drug-likeness (QED) is 0.626. The minimum atomic E-state index is -0.885. The van der Waals surface area contributed by atoms with Crippen molar-refractivity contribution in [3.05, 3.63) is 30.1 Å². The molecule has 0 aliphatic carbocycles. The molecular weight excluding hydrogens is 436 g/mol. The van der Waals surface area contributed by atoms with Crippen LogP contribution < -0.4 is 4.90 Å². The van der Waals surface area contributed by atoms with E-state index in [1.165, 1.54) is 0 Å². The molecule has 5 rings (SSSR count). The zero-order valence-corrected chi connectivity index (χ0v) is 19.8. The molecule has 3 aromatic rings. The van der Waals surface area contributed by atoms with Gasteiger partial charge in [0.25, 0.3) is 0 Å². The molecule has 2 aliphatic heterocycles. The number of rotatable bonds is 3. The van der Waals surface area contributed by atoms with E-state index in [4.69, 9.17) is 14.5 Å². The summed E-state index contributed by atoms with van der Waals surface area (Å²) in [6, 6.07) is 6.39. The number of anilines is 1. The van der Waals surface area contributed by atoms with E-state index in [1.807, 2.05) is 32.9 Å². The van der Waals surface area contributed by atoms with Crippen molar-refractivity contribution >= 4 is 22.9 Å². The van der Waals surface area contributed by atoms with Crippen molar-refractivity contribution in [2.24, 2.45) is 0 Å². The Bertz CT molecular complexity index is 1250. The molecule has 0 spiro atoms. The molecule has 3 aromatic heterocycles. The maximum Gasteiger partial charge on any atom is 0.410 e. The number of pyridine rings is 1. The molecule has 0 radical (unpaired) electrons. The number of aromatic amines is 1. The van der Waals surface area contributed by atoms with Crippen molar-refractivity contribution in [3.63, 3.8) is 0 Å². The molecule has 0 bridgehead atoms. The van der Waals surface area contributed by atoms with Gasteiger partial charge in [0, 0.05) is 31.1 Å². The van der Waals surface area contributed by atoms with E-state index in [9.17, 15) is 10.1 Å². The number of hydrogen-bond donors (Lipinski definition) is 1. The highest BCUT2D eigenvalue weighted by Crippen LogP contribution is 2.40. The summed E-state index contributed by atoms with van der Waals surface area (Å²) >= 11 is 0. The van der Waals surface area contributed by atoms with Crippen LogP contribution in [0.1, 0.15) is 33.3 Å². The lowest BCUT2D eigenvalue weighted by atomic mass is 9.74. The summed E-state index contributed by atoms with van der Waals surface area (Å²) in [7, 11) is 0. The number of nitriles is 1. The molecule has 2 aliphatic rings. The summed E-state index contributed by atoms with van der Waals surface area (Å²) in [5, 5.41) is 22.6. The van der Waals surface area contributed by atoms with Crippen LogP contribution in [0, 0.1) is 11.3 Å². The van der Waals surface area contributed by atoms with Crippen LogP contribution in [0.5, 0.6) is 0 Å². The first-order chi connectivity index (χ1) is 16.2. The van der Waals surface area contributed by atoms with E-state index in [2.05, 4.69) is 33.2 Å². The van der Waals surface area contributed by atoms with E-state index in [0.29, 0.717) is 31.2 Å². The first kappa shape index (κ1) is 22.2. The minimum absolute atomic E-state index is 0.132. The van der Waals surface area contributed by atoms with Gasteiger partial charge in [0.1, 0.15) is 16.8 Å². The molecule has 0 aromatic carbocycles. The number of carbonyl (C=O) groups is 1. The van der Waals surface area contributed by atoms with Gasteiger partial charge in [-0.1, -0.05) is 0 Å². The summed E-state index contributed by atoms with van der Waals surface area (Å²) in [5.74, 6) is 1.43. The van der Waals surface area contributed by atoms with E-state index < -0.39 is 17.1 Å². The first-order valence-electron chi connectivity index (χ1n) is 11.3. The highest BCUT2D eigenvalue weighted by molar-refractivity contribution is 5.85. The van der Waals surface area contributed by atoms with Crippen LogP contribution >= 0.6 is 0 Å². The van der Waals surface area contributed by atoms with Crippen LogP contribution in [-0.4, -0.2) is 80.4 Å². The van der Waals surface area contributed by atoms with Crippen molar-refractivity contribution in [1.82, 2.24) is 29.9 Å². The lowest BCUT2D eigenvalue weighted by Gasteiger charge is -2.46. The Balaban J connectivity index is 1.58. The number of amides is 1. The highest BCUT2D eigenvalue weighted by Gasteiger charge is 2.50. The summed E-state index contributed by atoms with van der Waals surface area (Å²) in [5.41, 5.74) is -0.0545. The summed E-state index contributed by atoms with van der Waals surface area (Å²) < 4.78 is 12.8. The molecule has 178 valence electrons. The van der Waals surface area contributed by atoms with Crippen LogP contribution in [0.3, 0.4) is 0 Å². The van der Waals surface area contributed by atoms with Gasteiger partial charge < -0.3 is 19.3 Å². The monoisotopic (exact) mass is 464 g/mol. The molecule has 2 fully saturated rings. The van der Waals surface area contributed by atoms with E-state index >= 15 is 0 Å². The largest absolute Gasteiger partial charge is 0.444 e. The number of fused-ring (bicyclic) bond motifs is 1. The van der Waals surface area contributed by atoms with E-state index in [1.54, 1.807) is 22.0 Å². The predicted octanol–water partition coefficient (Wildman–Crippen LogP) is 2.38. The molecule has 0 unspecified atom stereocenters. The fourth-order valence-electron chi connectivity index (χ4n) is 4.50. The van der Waals surface area contributed by atoms with Crippen molar-refractivity contribution in [2.45, 2.75) is 44.8 Å². The van der Waals surface area contributed by atoms with Gasteiger partial charge in [-0.2, -0.15) is 20.1 Å². The van der Waals surface area contributed by atoms with Crippen molar-refractivity contribution < 1.29 is 14.3 Å². The van der Waals surface area contributed by atoms with Crippen LogP contribution in [0.25, 0.3) is 16.9 Å². The number of hydrogen-bond acceptors (Lipinski definition) is 8. The molecule has 2 saturated heterocycles. The Morgan fingerprint density at radius 1 is 1.38 bits per heavy atom. The lowest BCUT2D eigenvalue weighted by molar-refractivity contribution is -0.000280. The average molecular weight is 465 g/mol. The SMILES string of the molecule is C[C@@H]1COCCN1c1cc(C2(C#N)CN(C(=O)OC(C)(C)C)C2)c2cnn(-c3ccn[nH]3)c2n1. The normalized spacial score (nSPS) is 20.1. The number of H-pyrrole nitrogens is 1. The molecule has 1 amide bonds. The van der Waals surface area contributed by atoms with E-state index in [0.717, 1.165) is 16.8 Å². The molecule has 34 heavy (non-hydrogen) atoms. The second kappa shape index (κ2) is 7.99. The lowest BCUT2D eigenvalue weighted by Crippen LogP contribution is -2.61. The van der Waals surface area contributed by atoms with Crippen molar-refractivity contribution in [3.8, 4) is 11.9 Å². The molecule has 1 N–H and O–H groups in total. The van der Waals surface area contributed by atoms with Gasteiger partial charge in [0.15, 0.2) is 11.5 Å². The number of aromatic nitrogens is 5. The van der Waals surface area contributed by atoms with Gasteiger partial charge in [-0.25, -0.2) is 9.78 Å².